The molecular weight excluding hydrogens is 236 g/mol. The average molecular weight is 266 g/mol. The van der Waals surface area contributed by atoms with Crippen LogP contribution in [0.4, 0.5) is 10.5 Å². The minimum atomic E-state index is -0.129. The molecule has 0 radical (unpaired) electrons. The molecule has 3 heteroatoms. The van der Waals surface area contributed by atoms with Crippen molar-refractivity contribution in [3.05, 3.63) is 29.8 Å². The van der Waals surface area contributed by atoms with E-state index in [0.717, 1.165) is 18.5 Å². The normalized spacial score (nSPS) is 11.9. The van der Waals surface area contributed by atoms with E-state index in [1.807, 2.05) is 19.1 Å². The van der Waals surface area contributed by atoms with E-state index < -0.39 is 0 Å². The van der Waals surface area contributed by atoms with Crippen LogP contribution in [-0.4, -0.2) is 12.6 Å². The monoisotopic (exact) mass is 266 g/mol. The Hall–Kier alpha value is -1.51. The summed E-state index contributed by atoms with van der Waals surface area (Å²) in [7, 11) is 0. The molecule has 0 bridgehead atoms. The van der Waals surface area contributed by atoms with Gasteiger partial charge in [0.15, 0.2) is 0 Å². The zero-order chi connectivity index (χ0) is 14.1. The van der Waals surface area contributed by atoms with E-state index >= 15 is 0 Å². The molecule has 0 saturated heterocycles. The molecule has 0 fully saturated rings. The van der Waals surface area contributed by atoms with Crippen molar-refractivity contribution in [3.63, 3.8) is 0 Å². The standard InChI is InChI=1S/C16H26N2O.2H2/c1-4-7-13(6-3)14-8-10-15(11-9-14)18-16(19)17-12-5-2;;/h8-11,13H,4-7,12H2,1-3H3,(H2,17,18,19);2*1H. The predicted octanol–water partition coefficient (Wildman–Crippen LogP) is 5.00. The zero-order valence-corrected chi connectivity index (χ0v) is 12.3. The number of amides is 2. The fourth-order valence-corrected chi connectivity index (χ4v) is 2.21. The minimum absolute atomic E-state index is 0. The third-order valence-corrected chi connectivity index (χ3v) is 3.31. The van der Waals surface area contributed by atoms with Crippen LogP contribution in [0.1, 0.15) is 60.8 Å². The molecule has 19 heavy (non-hydrogen) atoms. The summed E-state index contributed by atoms with van der Waals surface area (Å²) in [6.45, 7) is 7.19. The lowest BCUT2D eigenvalue weighted by molar-refractivity contribution is 0.252. The van der Waals surface area contributed by atoms with Gasteiger partial charge in [-0.3, -0.25) is 0 Å². The van der Waals surface area contributed by atoms with Crippen LogP contribution in [0, 0.1) is 0 Å². The lowest BCUT2D eigenvalue weighted by atomic mass is 9.92. The van der Waals surface area contributed by atoms with Crippen LogP contribution in [0.25, 0.3) is 0 Å². The number of carbonyl (C=O) groups is 1. The summed E-state index contributed by atoms with van der Waals surface area (Å²) in [5.74, 6) is 0.632. The van der Waals surface area contributed by atoms with Crippen molar-refractivity contribution in [3.8, 4) is 0 Å². The zero-order valence-electron chi connectivity index (χ0n) is 12.3. The summed E-state index contributed by atoms with van der Waals surface area (Å²) >= 11 is 0. The van der Waals surface area contributed by atoms with Crippen molar-refractivity contribution in [2.45, 2.75) is 52.4 Å². The van der Waals surface area contributed by atoms with E-state index in [1.54, 1.807) is 0 Å². The molecule has 0 aliphatic carbocycles. The van der Waals surface area contributed by atoms with Crippen LogP contribution < -0.4 is 10.6 Å². The van der Waals surface area contributed by atoms with Gasteiger partial charge in [0, 0.05) is 15.1 Å². The molecule has 0 spiro atoms. The quantitative estimate of drug-likeness (QED) is 0.716. The summed E-state index contributed by atoms with van der Waals surface area (Å²) in [6, 6.07) is 8.09. The molecule has 1 rings (SSSR count). The van der Waals surface area contributed by atoms with E-state index in [9.17, 15) is 4.79 Å². The smallest absolute Gasteiger partial charge is 0.319 e. The first kappa shape index (κ1) is 15.5. The average Bonchev–Trinajstić information content (AvgIpc) is 2.43. The van der Waals surface area contributed by atoms with Crippen LogP contribution in [0.5, 0.6) is 0 Å². The van der Waals surface area contributed by atoms with Crippen LogP contribution in [0.2, 0.25) is 0 Å². The second kappa shape index (κ2) is 8.57. The van der Waals surface area contributed by atoms with E-state index in [1.165, 1.54) is 18.4 Å². The molecule has 3 nitrogen and oxygen atoms in total. The molecule has 2 amide bonds. The number of hydrogen-bond donors (Lipinski definition) is 2. The second-order valence-electron chi connectivity index (χ2n) is 4.90. The largest absolute Gasteiger partial charge is 0.338 e. The van der Waals surface area contributed by atoms with Gasteiger partial charge >= 0.3 is 6.03 Å². The Morgan fingerprint density at radius 3 is 2.37 bits per heavy atom. The van der Waals surface area contributed by atoms with Gasteiger partial charge in [0.05, 0.1) is 0 Å². The maximum Gasteiger partial charge on any atom is 0.319 e. The fraction of sp³-hybridized carbons (Fsp3) is 0.562. The molecule has 1 aromatic carbocycles. The molecule has 0 aliphatic heterocycles. The number of carbonyl (C=O) groups excluding carboxylic acids is 1. The number of rotatable bonds is 7. The van der Waals surface area contributed by atoms with Gasteiger partial charge in [0.25, 0.3) is 0 Å². The van der Waals surface area contributed by atoms with Gasteiger partial charge in [0.2, 0.25) is 0 Å². The minimum Gasteiger partial charge on any atom is -0.338 e. The highest BCUT2D eigenvalue weighted by Gasteiger charge is 2.08. The van der Waals surface area contributed by atoms with Crippen molar-refractivity contribution in [2.24, 2.45) is 0 Å². The number of urea groups is 1. The Balaban J connectivity index is 0. The molecular formula is C16H30N2O. The molecule has 0 saturated carbocycles. The Labute approximate surface area is 119 Å². The first-order chi connectivity index (χ1) is 9.21. The van der Waals surface area contributed by atoms with Gasteiger partial charge in [-0.1, -0.05) is 39.3 Å². The molecule has 0 heterocycles. The van der Waals surface area contributed by atoms with E-state index in [2.05, 4.69) is 36.6 Å². The lowest BCUT2D eigenvalue weighted by Crippen LogP contribution is -2.29. The summed E-state index contributed by atoms with van der Waals surface area (Å²) in [6.07, 6.45) is 4.54. The Morgan fingerprint density at radius 2 is 1.84 bits per heavy atom. The predicted molar refractivity (Wildman–Crippen MR) is 85.9 cm³/mol. The van der Waals surface area contributed by atoms with Gasteiger partial charge in [-0.2, -0.15) is 0 Å². The Bertz CT molecular complexity index is 382. The summed E-state index contributed by atoms with van der Waals surface area (Å²) < 4.78 is 0. The van der Waals surface area contributed by atoms with E-state index in [-0.39, 0.29) is 8.88 Å². The number of nitrogens with one attached hydrogen (secondary N) is 2. The molecule has 2 N–H and O–H groups in total. The highest BCUT2D eigenvalue weighted by molar-refractivity contribution is 5.89. The van der Waals surface area contributed by atoms with E-state index in [4.69, 9.17) is 0 Å². The van der Waals surface area contributed by atoms with Gasteiger partial charge < -0.3 is 10.6 Å². The van der Waals surface area contributed by atoms with Gasteiger partial charge in [-0.05, 0) is 42.9 Å². The fourth-order valence-electron chi connectivity index (χ4n) is 2.21. The van der Waals surface area contributed by atoms with Crippen LogP contribution in [0.15, 0.2) is 24.3 Å². The van der Waals surface area contributed by atoms with Crippen LogP contribution in [0.3, 0.4) is 0 Å². The van der Waals surface area contributed by atoms with E-state index in [0.29, 0.717) is 12.5 Å². The van der Waals surface area contributed by atoms with Gasteiger partial charge in [-0.15, -0.1) is 0 Å². The second-order valence-corrected chi connectivity index (χ2v) is 4.90. The summed E-state index contributed by atoms with van der Waals surface area (Å²) in [4.78, 5) is 11.5. The number of hydrogen-bond acceptors (Lipinski definition) is 1. The Kier molecular flexibility index (Phi) is 7.01. The van der Waals surface area contributed by atoms with Crippen LogP contribution >= 0.6 is 0 Å². The molecule has 0 aliphatic rings. The lowest BCUT2D eigenvalue weighted by Gasteiger charge is -2.15. The first-order valence-electron chi connectivity index (χ1n) is 7.36. The van der Waals surface area contributed by atoms with Crippen molar-refractivity contribution >= 4 is 11.7 Å². The third-order valence-electron chi connectivity index (χ3n) is 3.31. The summed E-state index contributed by atoms with van der Waals surface area (Å²) in [5, 5.41) is 5.64. The molecule has 1 unspecified atom stereocenters. The molecule has 1 atom stereocenters. The van der Waals surface area contributed by atoms with Gasteiger partial charge in [-0.25, -0.2) is 4.79 Å². The van der Waals surface area contributed by atoms with Gasteiger partial charge in [0.1, 0.15) is 0 Å². The Morgan fingerprint density at radius 1 is 1.16 bits per heavy atom. The van der Waals surface area contributed by atoms with Crippen LogP contribution in [-0.2, 0) is 0 Å². The molecule has 110 valence electrons. The van der Waals surface area contributed by atoms with Crippen molar-refractivity contribution in [2.75, 3.05) is 11.9 Å². The highest BCUT2D eigenvalue weighted by atomic mass is 16.2. The third kappa shape index (κ3) is 5.33. The molecule has 0 aromatic heterocycles. The van der Waals surface area contributed by atoms with Crippen molar-refractivity contribution < 1.29 is 7.65 Å². The maximum absolute atomic E-state index is 11.5. The summed E-state index contributed by atoms with van der Waals surface area (Å²) in [5.41, 5.74) is 2.22. The number of anilines is 1. The highest BCUT2D eigenvalue weighted by Crippen LogP contribution is 2.25. The van der Waals surface area contributed by atoms with Crippen molar-refractivity contribution in [1.82, 2.24) is 5.32 Å². The maximum atomic E-state index is 11.5. The first-order valence-corrected chi connectivity index (χ1v) is 7.36. The topological polar surface area (TPSA) is 41.1 Å². The number of benzene rings is 1. The molecule has 1 aromatic rings. The SMILES string of the molecule is CCCNC(=O)Nc1ccc(C(CC)CCC)cc1.[HH].[HH]. The van der Waals surface area contributed by atoms with Crippen molar-refractivity contribution in [1.29, 1.82) is 0 Å².